The van der Waals surface area contributed by atoms with Gasteiger partial charge in [0.15, 0.2) is 0 Å². The number of nitrogens with zero attached hydrogens (tertiary/aromatic N) is 1. The minimum Gasteiger partial charge on any atom is -0.466 e. The molecule has 1 fully saturated rings. The SMILES string of the molecule is CC(=O)OC[C@@H]1C[C@H](C(=O)OC(C)(C)C)N(Cc2ccccc2)[C@H]1C(O)CO. The Morgan fingerprint density at radius 1 is 1.25 bits per heavy atom. The molecule has 1 heterocycles. The highest BCUT2D eigenvalue weighted by Gasteiger charge is 2.48. The number of carbonyl (C=O) groups excluding carboxylic acids is 2. The molecule has 2 rings (SSSR count). The lowest BCUT2D eigenvalue weighted by atomic mass is 9.95. The summed E-state index contributed by atoms with van der Waals surface area (Å²) in [7, 11) is 0. The van der Waals surface area contributed by atoms with Crippen LogP contribution in [0.5, 0.6) is 0 Å². The number of likely N-dealkylation sites (tertiary alicyclic amines) is 1. The van der Waals surface area contributed by atoms with Gasteiger partial charge in [-0.05, 0) is 32.8 Å². The molecule has 7 nitrogen and oxygen atoms in total. The van der Waals surface area contributed by atoms with E-state index >= 15 is 0 Å². The monoisotopic (exact) mass is 393 g/mol. The van der Waals surface area contributed by atoms with E-state index in [9.17, 15) is 19.8 Å². The van der Waals surface area contributed by atoms with Crippen molar-refractivity contribution < 1.29 is 29.3 Å². The highest BCUT2D eigenvalue weighted by Crippen LogP contribution is 2.35. The van der Waals surface area contributed by atoms with E-state index < -0.39 is 36.4 Å². The van der Waals surface area contributed by atoms with Crippen LogP contribution >= 0.6 is 0 Å². The van der Waals surface area contributed by atoms with E-state index in [4.69, 9.17) is 9.47 Å². The quantitative estimate of drug-likeness (QED) is 0.678. The van der Waals surface area contributed by atoms with Crippen molar-refractivity contribution in [2.24, 2.45) is 5.92 Å². The van der Waals surface area contributed by atoms with E-state index in [1.165, 1.54) is 6.92 Å². The van der Waals surface area contributed by atoms with Crippen LogP contribution in [0.25, 0.3) is 0 Å². The molecule has 1 aromatic rings. The van der Waals surface area contributed by atoms with Crippen LogP contribution in [0.15, 0.2) is 30.3 Å². The molecular formula is C21H31NO6. The molecule has 0 aromatic heterocycles. The first-order chi connectivity index (χ1) is 13.1. The van der Waals surface area contributed by atoms with Crippen molar-refractivity contribution in [3.05, 3.63) is 35.9 Å². The average molecular weight is 393 g/mol. The van der Waals surface area contributed by atoms with Crippen molar-refractivity contribution in [1.29, 1.82) is 0 Å². The molecule has 156 valence electrons. The molecule has 2 N–H and O–H groups in total. The van der Waals surface area contributed by atoms with Crippen molar-refractivity contribution in [2.45, 2.75) is 64.4 Å². The summed E-state index contributed by atoms with van der Waals surface area (Å²) in [4.78, 5) is 26.0. The first-order valence-electron chi connectivity index (χ1n) is 9.57. The fourth-order valence-electron chi connectivity index (χ4n) is 3.69. The van der Waals surface area contributed by atoms with Crippen LogP contribution in [0, 0.1) is 5.92 Å². The zero-order valence-corrected chi connectivity index (χ0v) is 17.0. The van der Waals surface area contributed by atoms with Gasteiger partial charge in [-0.15, -0.1) is 0 Å². The smallest absolute Gasteiger partial charge is 0.323 e. The Hall–Kier alpha value is -1.96. The largest absolute Gasteiger partial charge is 0.466 e. The highest BCUT2D eigenvalue weighted by molar-refractivity contribution is 5.77. The van der Waals surface area contributed by atoms with Gasteiger partial charge in [-0.25, -0.2) is 0 Å². The second-order valence-corrected chi connectivity index (χ2v) is 8.25. The molecule has 1 aliphatic rings. The molecule has 4 atom stereocenters. The molecular weight excluding hydrogens is 362 g/mol. The standard InChI is InChI=1S/C21H31NO6/c1-14(24)27-13-16-10-17(20(26)28-21(2,3)4)22(19(16)18(25)12-23)11-15-8-6-5-7-9-15/h5-9,16-19,23,25H,10-13H2,1-4H3/t16-,17+,18?,19+/m0/s1. The van der Waals surface area contributed by atoms with Gasteiger partial charge in [0, 0.05) is 25.4 Å². The van der Waals surface area contributed by atoms with Gasteiger partial charge in [-0.1, -0.05) is 30.3 Å². The molecule has 1 aliphatic heterocycles. The van der Waals surface area contributed by atoms with Gasteiger partial charge in [0.05, 0.1) is 19.3 Å². The van der Waals surface area contributed by atoms with Gasteiger partial charge in [-0.2, -0.15) is 0 Å². The predicted molar refractivity (Wildman–Crippen MR) is 103 cm³/mol. The Morgan fingerprint density at radius 2 is 1.89 bits per heavy atom. The molecule has 0 bridgehead atoms. The molecule has 0 radical (unpaired) electrons. The number of benzene rings is 1. The minimum atomic E-state index is -1.07. The Balaban J connectivity index is 2.33. The van der Waals surface area contributed by atoms with Gasteiger partial charge in [0.25, 0.3) is 0 Å². The van der Waals surface area contributed by atoms with Crippen LogP contribution < -0.4 is 0 Å². The molecule has 0 saturated carbocycles. The number of hydrogen-bond acceptors (Lipinski definition) is 7. The topological polar surface area (TPSA) is 96.3 Å². The lowest BCUT2D eigenvalue weighted by Gasteiger charge is -2.34. The fourth-order valence-corrected chi connectivity index (χ4v) is 3.69. The van der Waals surface area contributed by atoms with Gasteiger partial charge in [0.1, 0.15) is 11.6 Å². The van der Waals surface area contributed by atoms with E-state index in [-0.39, 0.29) is 18.5 Å². The number of aliphatic hydroxyl groups excluding tert-OH is 2. The van der Waals surface area contributed by atoms with Crippen LogP contribution in [-0.4, -0.2) is 64.1 Å². The summed E-state index contributed by atoms with van der Waals surface area (Å²) in [6.07, 6.45) is -0.701. The average Bonchev–Trinajstić information content (AvgIpc) is 2.97. The second-order valence-electron chi connectivity index (χ2n) is 8.25. The molecule has 1 saturated heterocycles. The third-order valence-electron chi connectivity index (χ3n) is 4.76. The first-order valence-corrected chi connectivity index (χ1v) is 9.57. The summed E-state index contributed by atoms with van der Waals surface area (Å²) in [6.45, 7) is 6.76. The number of rotatable bonds is 7. The van der Waals surface area contributed by atoms with Crippen molar-refractivity contribution in [3.63, 3.8) is 0 Å². The van der Waals surface area contributed by atoms with E-state index in [0.717, 1.165) is 5.56 Å². The summed E-state index contributed by atoms with van der Waals surface area (Å²) >= 11 is 0. The van der Waals surface area contributed by atoms with Crippen LogP contribution in [0.1, 0.15) is 39.7 Å². The van der Waals surface area contributed by atoms with Crippen LogP contribution in [0.4, 0.5) is 0 Å². The van der Waals surface area contributed by atoms with Crippen LogP contribution in [-0.2, 0) is 25.6 Å². The molecule has 0 aliphatic carbocycles. The van der Waals surface area contributed by atoms with Crippen LogP contribution in [0.2, 0.25) is 0 Å². The number of aliphatic hydroxyl groups is 2. The van der Waals surface area contributed by atoms with Crippen LogP contribution in [0.3, 0.4) is 0 Å². The van der Waals surface area contributed by atoms with Gasteiger partial charge in [0.2, 0.25) is 0 Å². The summed E-state index contributed by atoms with van der Waals surface area (Å²) in [5.41, 5.74) is 0.327. The third-order valence-corrected chi connectivity index (χ3v) is 4.76. The second kappa shape index (κ2) is 9.49. The third kappa shape index (κ3) is 6.02. The van der Waals surface area contributed by atoms with Gasteiger partial charge >= 0.3 is 11.9 Å². The molecule has 28 heavy (non-hydrogen) atoms. The Labute approximate surface area is 166 Å². The molecule has 1 unspecified atom stereocenters. The normalized spacial score (nSPS) is 24.0. The molecule has 0 spiro atoms. The zero-order valence-electron chi connectivity index (χ0n) is 17.0. The van der Waals surface area contributed by atoms with Crippen molar-refractivity contribution >= 4 is 11.9 Å². The number of carbonyl (C=O) groups is 2. The minimum absolute atomic E-state index is 0.0711. The maximum absolute atomic E-state index is 12.9. The Morgan fingerprint density at radius 3 is 2.43 bits per heavy atom. The summed E-state index contributed by atoms with van der Waals surface area (Å²) < 4.78 is 10.8. The fraction of sp³-hybridized carbons (Fsp3) is 0.619. The maximum Gasteiger partial charge on any atom is 0.323 e. The lowest BCUT2D eigenvalue weighted by Crippen LogP contribution is -2.49. The van der Waals surface area contributed by atoms with E-state index in [0.29, 0.717) is 13.0 Å². The summed E-state index contributed by atoms with van der Waals surface area (Å²) in [6, 6.07) is 8.45. The molecule has 1 aromatic carbocycles. The Kier molecular flexibility index (Phi) is 7.57. The highest BCUT2D eigenvalue weighted by atomic mass is 16.6. The molecule has 7 heteroatoms. The number of hydrogen-bond donors (Lipinski definition) is 2. The lowest BCUT2D eigenvalue weighted by molar-refractivity contribution is -0.161. The summed E-state index contributed by atoms with van der Waals surface area (Å²) in [5, 5.41) is 20.1. The maximum atomic E-state index is 12.9. The van der Waals surface area contributed by atoms with Gasteiger partial charge < -0.3 is 19.7 Å². The Bertz CT molecular complexity index is 657. The van der Waals surface area contributed by atoms with E-state index in [2.05, 4.69) is 0 Å². The number of esters is 2. The van der Waals surface area contributed by atoms with Crippen molar-refractivity contribution in [2.75, 3.05) is 13.2 Å². The summed E-state index contributed by atoms with van der Waals surface area (Å²) in [5.74, 6) is -1.11. The van der Waals surface area contributed by atoms with Crippen molar-refractivity contribution in [1.82, 2.24) is 4.90 Å². The number of ether oxygens (including phenoxy) is 2. The first kappa shape index (κ1) is 22.3. The van der Waals surface area contributed by atoms with Gasteiger partial charge in [-0.3, -0.25) is 14.5 Å². The van der Waals surface area contributed by atoms with E-state index in [1.54, 1.807) is 20.8 Å². The molecule has 0 amide bonds. The van der Waals surface area contributed by atoms with E-state index in [1.807, 2.05) is 35.2 Å². The zero-order chi connectivity index (χ0) is 20.9. The van der Waals surface area contributed by atoms with Crippen molar-refractivity contribution in [3.8, 4) is 0 Å². The predicted octanol–water partition coefficient (Wildman–Crippen LogP) is 1.50.